The van der Waals surface area contributed by atoms with Crippen LogP contribution in [0.15, 0.2) is 36.4 Å². The Hall–Kier alpha value is -1.28. The Morgan fingerprint density at radius 2 is 2.13 bits per heavy atom. The van der Waals surface area contributed by atoms with Crippen LogP contribution in [0, 0.1) is 0 Å². The molecule has 0 aliphatic heterocycles. The van der Waals surface area contributed by atoms with Gasteiger partial charge in [0.25, 0.3) is 0 Å². The molecule has 1 aromatic carbocycles. The van der Waals surface area contributed by atoms with Crippen LogP contribution in [0.4, 0.5) is 0 Å². The molecule has 0 heterocycles. The van der Waals surface area contributed by atoms with Gasteiger partial charge >= 0.3 is 0 Å². The lowest BCUT2D eigenvalue weighted by atomic mass is 10.0. The molecular weight excluding hydrogens is 186 g/mol. The van der Waals surface area contributed by atoms with Gasteiger partial charge < -0.3 is 10.4 Å². The molecule has 0 bridgehead atoms. The Balaban J connectivity index is 2.74. The van der Waals surface area contributed by atoms with Crippen molar-refractivity contribution in [3.63, 3.8) is 0 Å². The van der Waals surface area contributed by atoms with E-state index >= 15 is 0 Å². The molecule has 0 aliphatic rings. The molecule has 0 saturated heterocycles. The molecule has 2 N–H and O–H groups in total. The van der Waals surface area contributed by atoms with Crippen molar-refractivity contribution in [2.45, 2.75) is 26.3 Å². The van der Waals surface area contributed by atoms with Gasteiger partial charge in [-0.1, -0.05) is 37.3 Å². The van der Waals surface area contributed by atoms with E-state index in [0.29, 0.717) is 5.75 Å². The number of phenolic OH excluding ortho intramolecular Hbond substituents is 1. The van der Waals surface area contributed by atoms with Gasteiger partial charge in [0.2, 0.25) is 0 Å². The van der Waals surface area contributed by atoms with E-state index < -0.39 is 0 Å². The Bertz CT molecular complexity index is 333. The third-order valence-electron chi connectivity index (χ3n) is 2.37. The maximum absolute atomic E-state index is 9.71. The molecule has 0 aliphatic carbocycles. The van der Waals surface area contributed by atoms with Crippen molar-refractivity contribution in [2.75, 3.05) is 6.54 Å². The highest BCUT2D eigenvalue weighted by Crippen LogP contribution is 2.25. The Kier molecular flexibility index (Phi) is 4.37. The number of aromatic hydroxyl groups is 1. The Labute approximate surface area is 91.6 Å². The normalized spacial score (nSPS) is 12.4. The van der Waals surface area contributed by atoms with Crippen LogP contribution in [0.1, 0.15) is 31.9 Å². The zero-order valence-electron chi connectivity index (χ0n) is 9.46. The van der Waals surface area contributed by atoms with E-state index in [9.17, 15) is 5.11 Å². The van der Waals surface area contributed by atoms with Crippen LogP contribution in [-0.2, 0) is 0 Å². The fourth-order valence-electron chi connectivity index (χ4n) is 1.55. The average Bonchev–Trinajstić information content (AvgIpc) is 2.21. The quantitative estimate of drug-likeness (QED) is 0.724. The molecule has 0 aromatic heterocycles. The molecule has 0 saturated carbocycles. The molecule has 1 unspecified atom stereocenters. The summed E-state index contributed by atoms with van der Waals surface area (Å²) in [6.07, 6.45) is 0.949. The highest BCUT2D eigenvalue weighted by Gasteiger charge is 2.11. The van der Waals surface area contributed by atoms with E-state index in [0.717, 1.165) is 24.1 Å². The summed E-state index contributed by atoms with van der Waals surface area (Å²) in [6, 6.07) is 7.66. The van der Waals surface area contributed by atoms with E-state index in [4.69, 9.17) is 0 Å². The van der Waals surface area contributed by atoms with E-state index in [1.165, 1.54) is 0 Å². The van der Waals surface area contributed by atoms with Crippen LogP contribution < -0.4 is 5.32 Å². The van der Waals surface area contributed by atoms with Gasteiger partial charge in [-0.05, 0) is 19.4 Å². The number of rotatable bonds is 5. The lowest BCUT2D eigenvalue weighted by Crippen LogP contribution is -2.22. The summed E-state index contributed by atoms with van der Waals surface area (Å²) < 4.78 is 0. The molecule has 0 spiro atoms. The third-order valence-corrected chi connectivity index (χ3v) is 2.37. The number of hydrogen-bond acceptors (Lipinski definition) is 2. The second-order valence-corrected chi connectivity index (χ2v) is 3.86. The van der Waals surface area contributed by atoms with Gasteiger partial charge in [0, 0.05) is 18.2 Å². The smallest absolute Gasteiger partial charge is 0.120 e. The minimum absolute atomic E-state index is 0.197. The van der Waals surface area contributed by atoms with E-state index in [-0.39, 0.29) is 6.04 Å². The van der Waals surface area contributed by atoms with Crippen LogP contribution >= 0.6 is 0 Å². The predicted molar refractivity (Wildman–Crippen MR) is 64.0 cm³/mol. The van der Waals surface area contributed by atoms with E-state index in [2.05, 4.69) is 18.8 Å². The standard InChI is InChI=1S/C13H19NO/c1-4-12(14-9-10(2)3)11-7-5-6-8-13(11)15/h5-8,12,14-15H,2,4,9H2,1,3H3. The molecule has 1 aromatic rings. The van der Waals surface area contributed by atoms with Crippen molar-refractivity contribution in [1.29, 1.82) is 0 Å². The first-order valence-corrected chi connectivity index (χ1v) is 5.30. The lowest BCUT2D eigenvalue weighted by molar-refractivity contribution is 0.446. The topological polar surface area (TPSA) is 32.3 Å². The molecule has 2 heteroatoms. The van der Waals surface area contributed by atoms with Gasteiger partial charge in [-0.15, -0.1) is 0 Å². The van der Waals surface area contributed by atoms with Gasteiger partial charge in [-0.3, -0.25) is 0 Å². The fourth-order valence-corrected chi connectivity index (χ4v) is 1.55. The van der Waals surface area contributed by atoms with Gasteiger partial charge in [-0.25, -0.2) is 0 Å². The minimum atomic E-state index is 0.197. The summed E-state index contributed by atoms with van der Waals surface area (Å²) in [5.74, 6) is 0.360. The first kappa shape index (κ1) is 11.8. The third kappa shape index (κ3) is 3.40. The molecule has 82 valence electrons. The van der Waals surface area contributed by atoms with Crippen LogP contribution in [0.25, 0.3) is 0 Å². The highest BCUT2D eigenvalue weighted by molar-refractivity contribution is 5.34. The summed E-state index contributed by atoms with van der Waals surface area (Å²) in [7, 11) is 0. The first-order valence-electron chi connectivity index (χ1n) is 5.30. The number of hydrogen-bond donors (Lipinski definition) is 2. The number of benzene rings is 1. The maximum Gasteiger partial charge on any atom is 0.120 e. The first-order chi connectivity index (χ1) is 7.15. The maximum atomic E-state index is 9.71. The number of nitrogens with one attached hydrogen (secondary N) is 1. The van der Waals surface area contributed by atoms with Crippen molar-refractivity contribution in [3.8, 4) is 5.75 Å². The zero-order valence-corrected chi connectivity index (χ0v) is 9.46. The molecular formula is C13H19NO. The van der Waals surface area contributed by atoms with E-state index in [1.807, 2.05) is 25.1 Å². The minimum Gasteiger partial charge on any atom is -0.508 e. The second-order valence-electron chi connectivity index (χ2n) is 3.86. The summed E-state index contributed by atoms with van der Waals surface area (Å²) in [4.78, 5) is 0. The van der Waals surface area contributed by atoms with Crippen LogP contribution in [0.3, 0.4) is 0 Å². The van der Waals surface area contributed by atoms with Gasteiger partial charge in [0.15, 0.2) is 0 Å². The van der Waals surface area contributed by atoms with E-state index in [1.54, 1.807) is 6.07 Å². The summed E-state index contributed by atoms with van der Waals surface area (Å²) >= 11 is 0. The fraction of sp³-hybridized carbons (Fsp3) is 0.385. The van der Waals surface area contributed by atoms with Crippen molar-refractivity contribution in [3.05, 3.63) is 42.0 Å². The largest absolute Gasteiger partial charge is 0.508 e. The zero-order chi connectivity index (χ0) is 11.3. The Morgan fingerprint density at radius 3 is 2.67 bits per heavy atom. The molecule has 0 radical (unpaired) electrons. The lowest BCUT2D eigenvalue weighted by Gasteiger charge is -2.18. The molecule has 0 amide bonds. The van der Waals surface area contributed by atoms with Gasteiger partial charge in [-0.2, -0.15) is 0 Å². The Morgan fingerprint density at radius 1 is 1.47 bits per heavy atom. The average molecular weight is 205 g/mol. The summed E-state index contributed by atoms with van der Waals surface area (Å²) in [5.41, 5.74) is 2.06. The van der Waals surface area contributed by atoms with Crippen LogP contribution in [0.2, 0.25) is 0 Å². The van der Waals surface area contributed by atoms with Crippen molar-refractivity contribution < 1.29 is 5.11 Å². The monoisotopic (exact) mass is 205 g/mol. The molecule has 1 atom stereocenters. The van der Waals surface area contributed by atoms with Gasteiger partial charge in [0.05, 0.1) is 0 Å². The highest BCUT2D eigenvalue weighted by atomic mass is 16.3. The number of phenols is 1. The molecule has 0 fully saturated rings. The van der Waals surface area contributed by atoms with Crippen LogP contribution in [0.5, 0.6) is 5.75 Å². The van der Waals surface area contributed by atoms with Crippen molar-refractivity contribution in [1.82, 2.24) is 5.32 Å². The van der Waals surface area contributed by atoms with Crippen molar-refractivity contribution >= 4 is 0 Å². The summed E-state index contributed by atoms with van der Waals surface area (Å²) in [5, 5.41) is 13.1. The molecule has 15 heavy (non-hydrogen) atoms. The van der Waals surface area contributed by atoms with Crippen LogP contribution in [-0.4, -0.2) is 11.7 Å². The SMILES string of the molecule is C=C(C)CNC(CC)c1ccccc1O. The predicted octanol–water partition coefficient (Wildman–Crippen LogP) is 3.01. The van der Waals surface area contributed by atoms with Gasteiger partial charge in [0.1, 0.15) is 5.75 Å². The number of para-hydroxylation sites is 1. The molecule has 1 rings (SSSR count). The van der Waals surface area contributed by atoms with Crippen molar-refractivity contribution in [2.24, 2.45) is 0 Å². The molecule has 2 nitrogen and oxygen atoms in total. The summed E-state index contributed by atoms with van der Waals surface area (Å²) in [6.45, 7) is 8.73. The second kappa shape index (κ2) is 5.56.